The number of pyridine rings is 2. The topological polar surface area (TPSA) is 96.0 Å². The fourth-order valence-corrected chi connectivity index (χ4v) is 2.62. The average Bonchev–Trinajstić information content (AvgIpc) is 3.24. The summed E-state index contributed by atoms with van der Waals surface area (Å²) < 4.78 is 11.3. The molecule has 4 aromatic heterocycles. The van der Waals surface area contributed by atoms with Crippen LogP contribution in [0, 0.1) is 0 Å². The molecule has 7 heteroatoms. The van der Waals surface area contributed by atoms with Crippen molar-refractivity contribution in [2.75, 3.05) is 7.11 Å². The van der Waals surface area contributed by atoms with Gasteiger partial charge >= 0.3 is 0 Å². The monoisotopic (exact) mass is 324 g/mol. The molecule has 0 aliphatic rings. The third-order valence-corrected chi connectivity index (χ3v) is 3.79. The minimum absolute atomic E-state index is 0.0617. The molecule has 0 radical (unpaired) electrons. The molecule has 0 aliphatic carbocycles. The number of aromatic nitrogens is 4. The molecule has 0 saturated carbocycles. The van der Waals surface area contributed by atoms with E-state index in [-0.39, 0.29) is 6.61 Å². The van der Waals surface area contributed by atoms with Crippen molar-refractivity contribution in [3.8, 4) is 5.88 Å². The number of aromatic amines is 2. The number of methoxy groups -OCH3 is 1. The lowest BCUT2D eigenvalue weighted by Crippen LogP contribution is -2.12. The van der Waals surface area contributed by atoms with Crippen molar-refractivity contribution in [2.24, 2.45) is 0 Å². The number of rotatable bonds is 5. The Hall–Kier alpha value is -2.90. The fraction of sp³-hybridized carbons (Fsp3) is 0.176. The van der Waals surface area contributed by atoms with Gasteiger partial charge in [-0.3, -0.25) is 0 Å². The molecular weight excluding hydrogens is 308 g/mol. The van der Waals surface area contributed by atoms with E-state index < -0.39 is 6.29 Å². The molecule has 4 rings (SSSR count). The molecule has 3 N–H and O–H groups in total. The molecule has 7 nitrogen and oxygen atoms in total. The fourth-order valence-electron chi connectivity index (χ4n) is 2.62. The smallest absolute Gasteiger partial charge is 0.245 e. The molecule has 0 saturated heterocycles. The molecule has 0 bridgehead atoms. The zero-order chi connectivity index (χ0) is 16.5. The number of ether oxygens (including phenoxy) is 2. The van der Waals surface area contributed by atoms with Crippen molar-refractivity contribution in [3.63, 3.8) is 0 Å². The molecule has 1 unspecified atom stereocenters. The molecule has 24 heavy (non-hydrogen) atoms. The van der Waals surface area contributed by atoms with Crippen molar-refractivity contribution >= 4 is 22.1 Å². The van der Waals surface area contributed by atoms with Crippen LogP contribution in [0.1, 0.15) is 17.7 Å². The van der Waals surface area contributed by atoms with Gasteiger partial charge in [0.25, 0.3) is 0 Å². The van der Waals surface area contributed by atoms with Crippen LogP contribution < -0.4 is 4.74 Å². The summed E-state index contributed by atoms with van der Waals surface area (Å²) in [5.41, 5.74) is 4.73. The van der Waals surface area contributed by atoms with Crippen LogP contribution in [-0.2, 0) is 11.3 Å². The van der Waals surface area contributed by atoms with E-state index >= 15 is 0 Å². The van der Waals surface area contributed by atoms with Gasteiger partial charge in [-0.1, -0.05) is 0 Å². The molecule has 0 spiro atoms. The van der Waals surface area contributed by atoms with Crippen molar-refractivity contribution in [2.45, 2.75) is 12.9 Å². The maximum Gasteiger partial charge on any atom is 0.245 e. The number of aliphatic hydroxyl groups is 1. The Balaban J connectivity index is 1.63. The zero-order valence-corrected chi connectivity index (χ0v) is 13.0. The van der Waals surface area contributed by atoms with Crippen LogP contribution in [0.5, 0.6) is 5.88 Å². The third kappa shape index (κ3) is 2.60. The van der Waals surface area contributed by atoms with Gasteiger partial charge in [0.1, 0.15) is 5.69 Å². The first kappa shape index (κ1) is 14.7. The van der Waals surface area contributed by atoms with Gasteiger partial charge in [-0.05, 0) is 30.3 Å². The average molecular weight is 324 g/mol. The molecule has 4 heterocycles. The lowest BCUT2D eigenvalue weighted by atomic mass is 10.3. The van der Waals surface area contributed by atoms with E-state index in [0.29, 0.717) is 17.3 Å². The Morgan fingerprint density at radius 2 is 1.96 bits per heavy atom. The second-order valence-corrected chi connectivity index (χ2v) is 5.37. The molecule has 0 amide bonds. The summed E-state index contributed by atoms with van der Waals surface area (Å²) in [7, 11) is 1.56. The standard InChI is InChI=1S/C17H16N4O3/c1-23-17(14-3-2-11-13(20-14)6-7-18-11)24-16-5-4-12-15(21-16)8-10(9-22)19-12/h2-8,17-19,22H,9H2,1H3. The highest BCUT2D eigenvalue weighted by molar-refractivity contribution is 5.76. The van der Waals surface area contributed by atoms with Gasteiger partial charge in [-0.15, -0.1) is 0 Å². The molecule has 0 aliphatic heterocycles. The third-order valence-electron chi connectivity index (χ3n) is 3.79. The largest absolute Gasteiger partial charge is 0.442 e. The van der Waals surface area contributed by atoms with Crippen LogP contribution >= 0.6 is 0 Å². The maximum atomic E-state index is 9.19. The highest BCUT2D eigenvalue weighted by Gasteiger charge is 2.16. The second-order valence-electron chi connectivity index (χ2n) is 5.37. The SMILES string of the molecule is COC(Oc1ccc2[nH]c(CO)cc2n1)c1ccc2[nH]ccc2n1. The Kier molecular flexibility index (Phi) is 3.64. The van der Waals surface area contributed by atoms with Gasteiger partial charge in [0.05, 0.1) is 28.7 Å². The number of hydrogen-bond donors (Lipinski definition) is 3. The van der Waals surface area contributed by atoms with Crippen molar-refractivity contribution < 1.29 is 14.6 Å². The van der Waals surface area contributed by atoms with E-state index in [4.69, 9.17) is 9.47 Å². The summed E-state index contributed by atoms with van der Waals surface area (Å²) in [5, 5.41) is 9.19. The summed E-state index contributed by atoms with van der Waals surface area (Å²) in [6.45, 7) is -0.0617. The minimum Gasteiger partial charge on any atom is -0.442 e. The molecule has 0 fully saturated rings. The van der Waals surface area contributed by atoms with E-state index in [1.54, 1.807) is 19.2 Å². The number of fused-ring (bicyclic) bond motifs is 2. The molecular formula is C17H16N4O3. The number of hydrogen-bond acceptors (Lipinski definition) is 5. The van der Waals surface area contributed by atoms with Gasteiger partial charge in [0, 0.05) is 25.1 Å². The van der Waals surface area contributed by atoms with E-state index in [9.17, 15) is 5.11 Å². The zero-order valence-electron chi connectivity index (χ0n) is 13.0. The quantitative estimate of drug-likeness (QED) is 0.490. The summed E-state index contributed by atoms with van der Waals surface area (Å²) in [5.74, 6) is 0.425. The number of nitrogens with one attached hydrogen (secondary N) is 2. The Labute approximate surface area is 137 Å². The van der Waals surface area contributed by atoms with Crippen LogP contribution in [0.15, 0.2) is 42.6 Å². The number of H-pyrrole nitrogens is 2. The van der Waals surface area contributed by atoms with Gasteiger partial charge < -0.3 is 24.5 Å². The molecule has 4 aromatic rings. The Bertz CT molecular complexity index is 992. The van der Waals surface area contributed by atoms with Gasteiger partial charge in [0.15, 0.2) is 0 Å². The highest BCUT2D eigenvalue weighted by Crippen LogP contribution is 2.24. The normalized spacial score (nSPS) is 12.8. The van der Waals surface area contributed by atoms with Gasteiger partial charge in [-0.25, -0.2) is 9.97 Å². The number of nitrogens with zero attached hydrogens (tertiary/aromatic N) is 2. The van der Waals surface area contributed by atoms with Gasteiger partial charge in [0.2, 0.25) is 12.2 Å². The predicted molar refractivity (Wildman–Crippen MR) is 88.5 cm³/mol. The van der Waals surface area contributed by atoms with Gasteiger partial charge in [-0.2, -0.15) is 0 Å². The lowest BCUT2D eigenvalue weighted by molar-refractivity contribution is -0.0614. The molecule has 0 aromatic carbocycles. The van der Waals surface area contributed by atoms with Crippen LogP contribution in [0.2, 0.25) is 0 Å². The van der Waals surface area contributed by atoms with Crippen LogP contribution in [0.25, 0.3) is 22.1 Å². The molecule has 122 valence electrons. The van der Waals surface area contributed by atoms with Crippen molar-refractivity contribution in [1.29, 1.82) is 0 Å². The first-order valence-electron chi connectivity index (χ1n) is 7.50. The summed E-state index contributed by atoms with van der Waals surface area (Å²) in [6, 6.07) is 11.1. The highest BCUT2D eigenvalue weighted by atomic mass is 16.7. The van der Waals surface area contributed by atoms with Crippen molar-refractivity contribution in [3.05, 3.63) is 54.0 Å². The van der Waals surface area contributed by atoms with E-state index in [0.717, 1.165) is 22.1 Å². The van der Waals surface area contributed by atoms with Crippen LogP contribution in [0.4, 0.5) is 0 Å². The first-order chi connectivity index (χ1) is 11.8. The van der Waals surface area contributed by atoms with Crippen LogP contribution in [0.3, 0.4) is 0 Å². The Morgan fingerprint density at radius 1 is 1.08 bits per heavy atom. The van der Waals surface area contributed by atoms with E-state index in [2.05, 4.69) is 19.9 Å². The Morgan fingerprint density at radius 3 is 2.79 bits per heavy atom. The summed E-state index contributed by atoms with van der Waals surface area (Å²) in [6.07, 6.45) is 1.18. The number of aliphatic hydroxyl groups excluding tert-OH is 1. The second kappa shape index (κ2) is 5.95. The van der Waals surface area contributed by atoms with Crippen molar-refractivity contribution in [1.82, 2.24) is 19.9 Å². The summed E-state index contributed by atoms with van der Waals surface area (Å²) >= 11 is 0. The predicted octanol–water partition coefficient (Wildman–Crippen LogP) is 2.66. The first-order valence-corrected chi connectivity index (χ1v) is 7.50. The van der Waals surface area contributed by atoms with Crippen LogP contribution in [-0.4, -0.2) is 32.2 Å². The van der Waals surface area contributed by atoms with E-state index in [1.165, 1.54) is 0 Å². The van der Waals surface area contributed by atoms with E-state index in [1.807, 2.05) is 30.5 Å². The maximum absolute atomic E-state index is 9.19. The summed E-state index contributed by atoms with van der Waals surface area (Å²) in [4.78, 5) is 15.1. The lowest BCUT2D eigenvalue weighted by Gasteiger charge is -2.16. The molecule has 1 atom stereocenters. The minimum atomic E-state index is -0.662.